The first-order valence-corrected chi connectivity index (χ1v) is 10.3. The number of hydrogen-bond acceptors (Lipinski definition) is 4. The molecule has 0 spiro atoms. The second-order valence-corrected chi connectivity index (χ2v) is 7.87. The molecule has 28 heavy (non-hydrogen) atoms. The van der Waals surface area contributed by atoms with Gasteiger partial charge in [-0.1, -0.05) is 12.1 Å². The number of nitrogens with zero attached hydrogens (tertiary/aromatic N) is 1. The Morgan fingerprint density at radius 3 is 2.54 bits per heavy atom. The van der Waals surface area contributed by atoms with Crippen LogP contribution in [-0.4, -0.2) is 42.0 Å². The number of methoxy groups -OCH3 is 1. The molecule has 1 aliphatic rings. The molecule has 1 heterocycles. The van der Waals surface area contributed by atoms with Crippen LogP contribution in [0.2, 0.25) is 0 Å². The summed E-state index contributed by atoms with van der Waals surface area (Å²) in [4.78, 5) is 27.0. The van der Waals surface area contributed by atoms with Crippen molar-refractivity contribution < 1.29 is 14.3 Å². The summed E-state index contributed by atoms with van der Waals surface area (Å²) in [5, 5.41) is 5.77. The van der Waals surface area contributed by atoms with Crippen LogP contribution in [0, 0.1) is 3.57 Å². The van der Waals surface area contributed by atoms with E-state index in [4.69, 9.17) is 17.0 Å². The second kappa shape index (κ2) is 9.33. The first-order chi connectivity index (χ1) is 13.5. The average molecular weight is 509 g/mol. The van der Waals surface area contributed by atoms with Gasteiger partial charge in [-0.3, -0.25) is 14.9 Å². The lowest BCUT2D eigenvalue weighted by atomic mass is 10.1. The number of para-hydroxylation sites is 1. The molecular weight excluding hydrogens is 489 g/mol. The fraction of sp³-hybridized carbons (Fsp3) is 0.250. The fourth-order valence-corrected chi connectivity index (χ4v) is 3.94. The van der Waals surface area contributed by atoms with Gasteiger partial charge in [0.05, 0.1) is 21.9 Å². The van der Waals surface area contributed by atoms with Gasteiger partial charge in [-0.2, -0.15) is 0 Å². The van der Waals surface area contributed by atoms with Crippen LogP contribution < -0.4 is 15.4 Å². The van der Waals surface area contributed by atoms with E-state index >= 15 is 0 Å². The zero-order valence-electron chi connectivity index (χ0n) is 15.3. The Labute approximate surface area is 182 Å². The van der Waals surface area contributed by atoms with Crippen LogP contribution in [0.3, 0.4) is 0 Å². The Morgan fingerprint density at radius 2 is 1.86 bits per heavy atom. The van der Waals surface area contributed by atoms with Crippen molar-refractivity contribution in [3.63, 3.8) is 0 Å². The van der Waals surface area contributed by atoms with Crippen molar-refractivity contribution >= 4 is 57.4 Å². The molecule has 6 nitrogen and oxygen atoms in total. The third kappa shape index (κ3) is 4.79. The van der Waals surface area contributed by atoms with Crippen molar-refractivity contribution in [2.75, 3.05) is 25.5 Å². The normalized spacial score (nSPS) is 13.1. The lowest BCUT2D eigenvalue weighted by Gasteiger charge is -2.18. The Hall–Kier alpha value is -2.20. The van der Waals surface area contributed by atoms with Crippen molar-refractivity contribution in [3.05, 3.63) is 57.2 Å². The molecule has 0 radical (unpaired) electrons. The van der Waals surface area contributed by atoms with E-state index in [1.54, 1.807) is 37.4 Å². The first kappa shape index (κ1) is 20.5. The smallest absolute Gasteiger partial charge is 0.257 e. The maximum Gasteiger partial charge on any atom is 0.257 e. The molecule has 0 saturated carbocycles. The minimum absolute atomic E-state index is 0.0283. The number of benzene rings is 2. The van der Waals surface area contributed by atoms with Crippen LogP contribution in [0.15, 0.2) is 42.5 Å². The van der Waals surface area contributed by atoms with Gasteiger partial charge in [0.1, 0.15) is 5.75 Å². The predicted molar refractivity (Wildman–Crippen MR) is 121 cm³/mol. The van der Waals surface area contributed by atoms with Crippen molar-refractivity contribution in [2.24, 2.45) is 0 Å². The van der Waals surface area contributed by atoms with Crippen LogP contribution in [0.25, 0.3) is 0 Å². The van der Waals surface area contributed by atoms with Crippen molar-refractivity contribution in [3.8, 4) is 5.75 Å². The summed E-state index contributed by atoms with van der Waals surface area (Å²) in [7, 11) is 1.58. The minimum atomic E-state index is -0.332. The highest BCUT2D eigenvalue weighted by molar-refractivity contribution is 14.1. The number of amides is 2. The molecule has 1 saturated heterocycles. The number of nitrogens with one attached hydrogen (secondary N) is 2. The van der Waals surface area contributed by atoms with E-state index in [0.29, 0.717) is 22.6 Å². The van der Waals surface area contributed by atoms with Gasteiger partial charge in [-0.05, 0) is 78.0 Å². The summed E-state index contributed by atoms with van der Waals surface area (Å²) in [5.41, 5.74) is 1.59. The first-order valence-electron chi connectivity index (χ1n) is 8.84. The van der Waals surface area contributed by atoms with Crippen LogP contribution in [0.4, 0.5) is 5.69 Å². The third-order valence-corrected chi connectivity index (χ3v) is 5.49. The SMILES string of the molecule is COc1ccc(C(=O)NC(=S)Nc2ccccc2C(=O)N2CCCC2)cc1I. The molecule has 2 amide bonds. The summed E-state index contributed by atoms with van der Waals surface area (Å²) in [6, 6.07) is 12.3. The number of anilines is 1. The molecule has 2 N–H and O–H groups in total. The summed E-state index contributed by atoms with van der Waals surface area (Å²) in [5.74, 6) is 0.341. The van der Waals surface area contributed by atoms with Crippen molar-refractivity contribution in [1.29, 1.82) is 0 Å². The zero-order chi connectivity index (χ0) is 20.1. The number of halogens is 1. The highest BCUT2D eigenvalue weighted by atomic mass is 127. The molecule has 0 aromatic heterocycles. The molecule has 3 rings (SSSR count). The maximum absolute atomic E-state index is 12.7. The fourth-order valence-electron chi connectivity index (χ4n) is 3.01. The molecule has 0 unspecified atom stereocenters. The van der Waals surface area contributed by atoms with Gasteiger partial charge in [0.25, 0.3) is 11.8 Å². The quantitative estimate of drug-likeness (QED) is 0.487. The largest absolute Gasteiger partial charge is 0.496 e. The van der Waals surface area contributed by atoms with Crippen LogP contribution in [0.5, 0.6) is 5.75 Å². The van der Waals surface area contributed by atoms with E-state index in [-0.39, 0.29) is 16.9 Å². The second-order valence-electron chi connectivity index (χ2n) is 6.30. The van der Waals surface area contributed by atoms with Gasteiger partial charge in [-0.15, -0.1) is 0 Å². The van der Waals surface area contributed by atoms with Crippen LogP contribution in [0.1, 0.15) is 33.6 Å². The number of hydrogen-bond donors (Lipinski definition) is 2. The van der Waals surface area contributed by atoms with Crippen molar-refractivity contribution in [2.45, 2.75) is 12.8 Å². The number of carbonyl (C=O) groups is 2. The highest BCUT2D eigenvalue weighted by Crippen LogP contribution is 2.22. The van der Waals surface area contributed by atoms with E-state index in [0.717, 1.165) is 29.5 Å². The van der Waals surface area contributed by atoms with Crippen LogP contribution >= 0.6 is 34.8 Å². The summed E-state index contributed by atoms with van der Waals surface area (Å²) in [6.07, 6.45) is 2.05. The number of rotatable bonds is 4. The lowest BCUT2D eigenvalue weighted by molar-refractivity contribution is 0.0793. The van der Waals surface area contributed by atoms with Gasteiger partial charge in [-0.25, -0.2) is 0 Å². The van der Waals surface area contributed by atoms with Crippen molar-refractivity contribution in [1.82, 2.24) is 10.2 Å². The average Bonchev–Trinajstić information content (AvgIpc) is 3.22. The molecule has 0 atom stereocenters. The Kier molecular flexibility index (Phi) is 6.84. The minimum Gasteiger partial charge on any atom is -0.496 e. The Morgan fingerprint density at radius 1 is 1.14 bits per heavy atom. The van der Waals surface area contributed by atoms with Gasteiger partial charge < -0.3 is 15.0 Å². The zero-order valence-corrected chi connectivity index (χ0v) is 18.3. The number of thiocarbonyl (C=S) groups is 1. The van der Waals surface area contributed by atoms with Crippen LogP contribution in [-0.2, 0) is 0 Å². The number of carbonyl (C=O) groups excluding carboxylic acids is 2. The molecule has 0 bridgehead atoms. The molecule has 146 valence electrons. The molecule has 1 fully saturated rings. The predicted octanol–water partition coefficient (Wildman–Crippen LogP) is 3.66. The standard InChI is InChI=1S/C20H20IN3O3S/c1-27-17-9-8-13(12-15(17)21)18(25)23-20(28)22-16-7-3-2-6-14(16)19(26)24-10-4-5-11-24/h2-3,6-9,12H,4-5,10-11H2,1H3,(H2,22,23,25,28). The van der Waals surface area contributed by atoms with E-state index in [9.17, 15) is 9.59 Å². The Bertz CT molecular complexity index is 913. The summed E-state index contributed by atoms with van der Waals surface area (Å²) >= 11 is 7.39. The molecule has 0 aliphatic carbocycles. The monoisotopic (exact) mass is 509 g/mol. The molecule has 2 aromatic rings. The van der Waals surface area contributed by atoms with Gasteiger partial charge in [0, 0.05) is 18.7 Å². The highest BCUT2D eigenvalue weighted by Gasteiger charge is 2.22. The summed E-state index contributed by atoms with van der Waals surface area (Å²) in [6.45, 7) is 1.54. The molecule has 1 aliphatic heterocycles. The lowest BCUT2D eigenvalue weighted by Crippen LogP contribution is -2.35. The number of likely N-dealkylation sites (tertiary alicyclic amines) is 1. The van der Waals surface area contributed by atoms with E-state index in [2.05, 4.69) is 33.2 Å². The molecule has 2 aromatic carbocycles. The maximum atomic E-state index is 12.7. The van der Waals surface area contributed by atoms with E-state index in [1.807, 2.05) is 17.0 Å². The Balaban J connectivity index is 1.69. The third-order valence-electron chi connectivity index (χ3n) is 4.44. The van der Waals surface area contributed by atoms with Gasteiger partial charge >= 0.3 is 0 Å². The van der Waals surface area contributed by atoms with Gasteiger partial charge in [0.15, 0.2) is 5.11 Å². The molecule has 8 heteroatoms. The number of ether oxygens (including phenoxy) is 1. The molecular formula is C20H20IN3O3S. The van der Waals surface area contributed by atoms with E-state index in [1.165, 1.54) is 0 Å². The summed E-state index contributed by atoms with van der Waals surface area (Å²) < 4.78 is 6.03. The van der Waals surface area contributed by atoms with Gasteiger partial charge in [0.2, 0.25) is 0 Å². The topological polar surface area (TPSA) is 70.7 Å². The van der Waals surface area contributed by atoms with E-state index < -0.39 is 0 Å².